The fourth-order valence-corrected chi connectivity index (χ4v) is 3.28. The maximum absolute atomic E-state index is 12.9. The third-order valence-corrected chi connectivity index (χ3v) is 4.98. The molecule has 2 aromatic rings. The highest BCUT2D eigenvalue weighted by molar-refractivity contribution is 6.32. The molecule has 3 amide bonds. The molecule has 2 heterocycles. The van der Waals surface area contributed by atoms with Crippen LogP contribution in [0.5, 0.6) is 0 Å². The predicted molar refractivity (Wildman–Crippen MR) is 95.8 cm³/mol. The number of hydrogen-bond acceptors (Lipinski definition) is 3. The van der Waals surface area contributed by atoms with Gasteiger partial charge in [-0.05, 0) is 11.6 Å². The second-order valence-corrected chi connectivity index (χ2v) is 6.73. The van der Waals surface area contributed by atoms with Gasteiger partial charge in [-0.15, -0.1) is 0 Å². The Bertz CT molecular complexity index is 914. The van der Waals surface area contributed by atoms with Gasteiger partial charge in [-0.2, -0.15) is 13.2 Å². The predicted octanol–water partition coefficient (Wildman–Crippen LogP) is 2.65. The molecule has 150 valence electrons. The van der Waals surface area contributed by atoms with Gasteiger partial charge in [0.25, 0.3) is 0 Å². The van der Waals surface area contributed by atoms with E-state index in [4.69, 9.17) is 11.6 Å². The van der Waals surface area contributed by atoms with Gasteiger partial charge in [0.15, 0.2) is 0 Å². The van der Waals surface area contributed by atoms with Crippen LogP contribution in [0.3, 0.4) is 0 Å². The van der Waals surface area contributed by atoms with Crippen molar-refractivity contribution in [2.75, 3.05) is 18.5 Å². The van der Waals surface area contributed by atoms with Crippen molar-refractivity contribution in [3.05, 3.63) is 46.7 Å². The average Bonchev–Trinajstić information content (AvgIpc) is 3.16. The molecule has 1 aliphatic rings. The SMILES string of the molecule is CN1C(=O)N(c2nccn2C)CC1C(=O)NCc1cccc(C(F)(F)F)c1Cl. The first kappa shape index (κ1) is 20.0. The Balaban J connectivity index is 1.71. The molecule has 0 aliphatic carbocycles. The topological polar surface area (TPSA) is 70.5 Å². The summed E-state index contributed by atoms with van der Waals surface area (Å²) in [4.78, 5) is 31.7. The number of nitrogens with one attached hydrogen (secondary N) is 1. The molecule has 1 saturated heterocycles. The standard InChI is InChI=1S/C17H17ClF3N5O2/c1-24-7-6-22-15(24)26-9-12(25(2)16(26)28)14(27)23-8-10-4-3-5-11(13(10)18)17(19,20)21/h3-7,12H,8-9H2,1-2H3,(H,23,27). The van der Waals surface area contributed by atoms with E-state index in [9.17, 15) is 22.8 Å². The van der Waals surface area contributed by atoms with Gasteiger partial charge in [0, 0.05) is 33.0 Å². The number of aryl methyl sites for hydroxylation is 1. The van der Waals surface area contributed by atoms with Crippen molar-refractivity contribution >= 4 is 29.5 Å². The van der Waals surface area contributed by atoms with E-state index in [0.29, 0.717) is 5.95 Å². The van der Waals surface area contributed by atoms with Crippen LogP contribution in [0, 0.1) is 0 Å². The largest absolute Gasteiger partial charge is 0.417 e. The minimum absolute atomic E-state index is 0.0718. The molecule has 1 N–H and O–H groups in total. The molecular weight excluding hydrogens is 399 g/mol. The number of aromatic nitrogens is 2. The molecule has 1 fully saturated rings. The van der Waals surface area contributed by atoms with Crippen LogP contribution in [-0.2, 0) is 24.6 Å². The van der Waals surface area contributed by atoms with Gasteiger partial charge in [0.2, 0.25) is 11.9 Å². The minimum Gasteiger partial charge on any atom is -0.350 e. The van der Waals surface area contributed by atoms with Crippen LogP contribution in [-0.4, -0.2) is 46.0 Å². The molecule has 1 aliphatic heterocycles. The zero-order chi connectivity index (χ0) is 20.6. The van der Waals surface area contributed by atoms with Gasteiger partial charge < -0.3 is 14.8 Å². The second-order valence-electron chi connectivity index (χ2n) is 6.35. The summed E-state index contributed by atoms with van der Waals surface area (Å²) in [5.74, 6) is -0.103. The number of benzene rings is 1. The number of halogens is 4. The molecule has 28 heavy (non-hydrogen) atoms. The molecule has 0 bridgehead atoms. The first-order valence-corrected chi connectivity index (χ1v) is 8.63. The second kappa shape index (κ2) is 7.34. The Morgan fingerprint density at radius 3 is 2.68 bits per heavy atom. The number of amides is 3. The highest BCUT2D eigenvalue weighted by atomic mass is 35.5. The van der Waals surface area contributed by atoms with Gasteiger partial charge in [0.05, 0.1) is 17.1 Å². The zero-order valence-electron chi connectivity index (χ0n) is 15.0. The first-order valence-electron chi connectivity index (χ1n) is 8.25. The van der Waals surface area contributed by atoms with Crippen molar-refractivity contribution in [1.82, 2.24) is 19.8 Å². The quantitative estimate of drug-likeness (QED) is 0.834. The molecule has 3 rings (SSSR count). The number of likely N-dealkylation sites (N-methyl/N-ethyl adjacent to an activating group) is 1. The smallest absolute Gasteiger partial charge is 0.350 e. The summed E-state index contributed by atoms with van der Waals surface area (Å²) in [7, 11) is 3.20. The van der Waals surface area contributed by atoms with Gasteiger partial charge >= 0.3 is 12.2 Å². The van der Waals surface area contributed by atoms with E-state index in [0.717, 1.165) is 6.07 Å². The van der Waals surface area contributed by atoms with Crippen molar-refractivity contribution in [1.29, 1.82) is 0 Å². The van der Waals surface area contributed by atoms with Crippen LogP contribution in [0.25, 0.3) is 0 Å². The van der Waals surface area contributed by atoms with Crippen LogP contribution in [0.2, 0.25) is 5.02 Å². The van der Waals surface area contributed by atoms with E-state index < -0.39 is 34.7 Å². The maximum Gasteiger partial charge on any atom is 0.417 e. The van der Waals surface area contributed by atoms with Crippen molar-refractivity contribution < 1.29 is 22.8 Å². The molecule has 1 atom stereocenters. The van der Waals surface area contributed by atoms with E-state index in [1.54, 1.807) is 17.8 Å². The van der Waals surface area contributed by atoms with Crippen LogP contribution in [0.15, 0.2) is 30.6 Å². The Hall–Kier alpha value is -2.75. The van der Waals surface area contributed by atoms with Crippen molar-refractivity contribution in [3.8, 4) is 0 Å². The summed E-state index contributed by atoms with van der Waals surface area (Å²) in [6, 6.07) is 2.30. The van der Waals surface area contributed by atoms with E-state index in [1.807, 2.05) is 0 Å². The molecule has 7 nitrogen and oxygen atoms in total. The van der Waals surface area contributed by atoms with E-state index in [-0.39, 0.29) is 18.7 Å². The Kier molecular flexibility index (Phi) is 5.24. The number of hydrogen-bond donors (Lipinski definition) is 1. The molecule has 11 heteroatoms. The molecule has 1 aromatic heterocycles. The lowest BCUT2D eigenvalue weighted by Gasteiger charge is -2.18. The number of carbonyl (C=O) groups is 2. The van der Waals surface area contributed by atoms with Crippen molar-refractivity contribution in [3.63, 3.8) is 0 Å². The maximum atomic E-state index is 12.9. The van der Waals surface area contributed by atoms with Gasteiger partial charge in [-0.1, -0.05) is 23.7 Å². The molecule has 0 spiro atoms. The molecule has 0 saturated carbocycles. The minimum atomic E-state index is -4.59. The number of carbonyl (C=O) groups excluding carboxylic acids is 2. The third kappa shape index (κ3) is 3.64. The lowest BCUT2D eigenvalue weighted by atomic mass is 10.1. The van der Waals surface area contributed by atoms with E-state index in [1.165, 1.54) is 35.2 Å². The van der Waals surface area contributed by atoms with Crippen molar-refractivity contribution in [2.45, 2.75) is 18.8 Å². The van der Waals surface area contributed by atoms with Gasteiger partial charge in [0.1, 0.15) is 6.04 Å². The monoisotopic (exact) mass is 415 g/mol. The summed E-state index contributed by atoms with van der Waals surface area (Å²) in [5.41, 5.74) is -0.826. The van der Waals surface area contributed by atoms with Crippen LogP contribution in [0.4, 0.5) is 23.9 Å². The van der Waals surface area contributed by atoms with Crippen LogP contribution >= 0.6 is 11.6 Å². The Morgan fingerprint density at radius 1 is 1.36 bits per heavy atom. The number of rotatable bonds is 4. The summed E-state index contributed by atoms with van der Waals surface area (Å²) >= 11 is 5.84. The third-order valence-electron chi connectivity index (χ3n) is 4.53. The zero-order valence-corrected chi connectivity index (χ0v) is 15.8. The highest BCUT2D eigenvalue weighted by Crippen LogP contribution is 2.36. The first-order chi connectivity index (χ1) is 13.1. The number of alkyl halides is 3. The lowest BCUT2D eigenvalue weighted by molar-refractivity contribution is -0.137. The summed E-state index contributed by atoms with van der Waals surface area (Å²) < 4.78 is 40.5. The lowest BCUT2D eigenvalue weighted by Crippen LogP contribution is -2.43. The van der Waals surface area contributed by atoms with Gasteiger partial charge in [-0.25, -0.2) is 9.78 Å². The normalized spacial score (nSPS) is 17.4. The summed E-state index contributed by atoms with van der Waals surface area (Å²) in [5, 5.41) is 2.10. The summed E-state index contributed by atoms with van der Waals surface area (Å²) in [6.07, 6.45) is -1.38. The molecule has 1 aromatic carbocycles. The average molecular weight is 416 g/mol. The van der Waals surface area contributed by atoms with Gasteiger partial charge in [-0.3, -0.25) is 9.69 Å². The highest BCUT2D eigenvalue weighted by Gasteiger charge is 2.41. The van der Waals surface area contributed by atoms with Crippen LogP contribution < -0.4 is 10.2 Å². The van der Waals surface area contributed by atoms with Crippen molar-refractivity contribution in [2.24, 2.45) is 7.05 Å². The van der Waals surface area contributed by atoms with E-state index >= 15 is 0 Å². The number of anilines is 1. The van der Waals surface area contributed by atoms with E-state index in [2.05, 4.69) is 10.3 Å². The molecule has 0 radical (unpaired) electrons. The molecular formula is C17H17ClF3N5O2. The molecule has 1 unspecified atom stereocenters. The Labute approximate surface area is 163 Å². The fraction of sp³-hybridized carbons (Fsp3) is 0.353. The number of urea groups is 1. The number of imidazole rings is 1. The van der Waals surface area contributed by atoms with Crippen LogP contribution in [0.1, 0.15) is 11.1 Å². The fourth-order valence-electron chi connectivity index (χ4n) is 2.98. The Morgan fingerprint density at radius 2 is 2.07 bits per heavy atom. The summed E-state index contributed by atoms with van der Waals surface area (Å²) in [6.45, 7) is -0.120. The number of nitrogens with zero attached hydrogens (tertiary/aromatic N) is 4.